The van der Waals surface area contributed by atoms with E-state index in [4.69, 9.17) is 14.2 Å². The molecule has 6 heteroatoms. The summed E-state index contributed by atoms with van der Waals surface area (Å²) in [5.41, 5.74) is 0. The molecule has 0 aromatic rings. The van der Waals surface area contributed by atoms with Crippen molar-refractivity contribution in [2.24, 2.45) is 0 Å². The molecule has 0 aliphatic heterocycles. The van der Waals surface area contributed by atoms with E-state index in [1.807, 2.05) is 0 Å². The van der Waals surface area contributed by atoms with E-state index in [0.717, 1.165) is 77.0 Å². The van der Waals surface area contributed by atoms with Gasteiger partial charge in [0.05, 0.1) is 0 Å². The summed E-state index contributed by atoms with van der Waals surface area (Å²) >= 11 is 0. The van der Waals surface area contributed by atoms with Crippen LogP contribution in [0.15, 0.2) is 60.8 Å². The predicted octanol–water partition coefficient (Wildman–Crippen LogP) is 9.07. The Labute approximate surface area is 250 Å². The topological polar surface area (TPSA) is 78.9 Å². The van der Waals surface area contributed by atoms with Crippen LogP contribution >= 0.6 is 0 Å². The zero-order chi connectivity index (χ0) is 30.2. The molecule has 0 unspecified atom stereocenters. The molecule has 0 saturated heterocycles. The second-order valence-corrected chi connectivity index (χ2v) is 9.99. The van der Waals surface area contributed by atoms with Gasteiger partial charge in [-0.25, -0.2) is 0 Å². The summed E-state index contributed by atoms with van der Waals surface area (Å²) in [5, 5.41) is 0. The first kappa shape index (κ1) is 38.1. The molecule has 0 heterocycles. The van der Waals surface area contributed by atoms with Crippen LogP contribution in [0.25, 0.3) is 0 Å². The normalized spacial score (nSPS) is 12.1. The summed E-state index contributed by atoms with van der Waals surface area (Å²) in [4.78, 5) is 36.3. The van der Waals surface area contributed by atoms with Gasteiger partial charge in [0, 0.05) is 19.3 Å². The largest absolute Gasteiger partial charge is 0.462 e. The van der Waals surface area contributed by atoms with Crippen molar-refractivity contribution in [2.75, 3.05) is 13.2 Å². The monoisotopic (exact) mass is 572 g/mol. The van der Waals surface area contributed by atoms with E-state index in [2.05, 4.69) is 81.5 Å². The Bertz CT molecular complexity index is 779. The van der Waals surface area contributed by atoms with Crippen molar-refractivity contribution in [3.05, 3.63) is 60.8 Å². The number of rotatable bonds is 26. The van der Waals surface area contributed by atoms with Crippen LogP contribution < -0.4 is 0 Å². The molecule has 232 valence electrons. The molecule has 0 aliphatic rings. The Morgan fingerprint density at radius 2 is 0.927 bits per heavy atom. The number of hydrogen-bond acceptors (Lipinski definition) is 6. The highest BCUT2D eigenvalue weighted by molar-refractivity contribution is 5.71. The van der Waals surface area contributed by atoms with E-state index < -0.39 is 6.10 Å². The third-order valence-electron chi connectivity index (χ3n) is 6.04. The van der Waals surface area contributed by atoms with E-state index >= 15 is 0 Å². The van der Waals surface area contributed by atoms with Gasteiger partial charge >= 0.3 is 17.9 Å². The summed E-state index contributed by atoms with van der Waals surface area (Å²) < 4.78 is 16.1. The Morgan fingerprint density at radius 3 is 1.37 bits per heavy atom. The van der Waals surface area contributed by atoms with E-state index in [-0.39, 0.29) is 37.5 Å². The molecule has 0 radical (unpaired) electrons. The van der Waals surface area contributed by atoms with Crippen LogP contribution in [0.3, 0.4) is 0 Å². The summed E-state index contributed by atoms with van der Waals surface area (Å²) in [5.74, 6) is -1.04. The Morgan fingerprint density at radius 1 is 0.512 bits per heavy atom. The molecule has 41 heavy (non-hydrogen) atoms. The third-order valence-corrected chi connectivity index (χ3v) is 6.04. The number of hydrogen-bond donors (Lipinski definition) is 0. The van der Waals surface area contributed by atoms with Gasteiger partial charge in [-0.3, -0.25) is 14.4 Å². The molecular weight excluding hydrogens is 516 g/mol. The fourth-order valence-electron chi connectivity index (χ4n) is 3.65. The van der Waals surface area contributed by atoms with E-state index in [9.17, 15) is 14.4 Å². The highest BCUT2D eigenvalue weighted by Crippen LogP contribution is 2.08. The van der Waals surface area contributed by atoms with Crippen molar-refractivity contribution in [2.45, 2.75) is 130 Å². The predicted molar refractivity (Wildman–Crippen MR) is 168 cm³/mol. The molecule has 6 nitrogen and oxygen atoms in total. The lowest BCUT2D eigenvalue weighted by molar-refractivity contribution is -0.167. The zero-order valence-electron chi connectivity index (χ0n) is 26.0. The quantitative estimate of drug-likeness (QED) is 0.0445. The van der Waals surface area contributed by atoms with Crippen LogP contribution in [-0.2, 0) is 28.6 Å². The van der Waals surface area contributed by atoms with Crippen molar-refractivity contribution in [1.82, 2.24) is 0 Å². The smallest absolute Gasteiger partial charge is 0.306 e. The second-order valence-electron chi connectivity index (χ2n) is 9.99. The summed E-state index contributed by atoms with van der Waals surface area (Å²) in [6.45, 7) is 6.07. The minimum atomic E-state index is -0.790. The first-order valence-corrected chi connectivity index (χ1v) is 15.8. The standard InChI is InChI=1S/C35H56O6/c1-4-7-10-11-12-13-14-15-16-17-18-19-20-21-22-23-26-29-35(38)41-32(30-39-33(36)27-24-8-5-2)31-40-34(37)28-25-9-6-3/h7,10,12-13,15-16,18-19,21-22,32H,4-6,8-9,11,14,17,20,23-31H2,1-3H3/b10-7-,13-12-,16-15-,19-18-,22-21-. The molecule has 0 aromatic heterocycles. The number of allylic oxidation sites excluding steroid dienone is 10. The molecule has 0 fully saturated rings. The fraction of sp³-hybridized carbons (Fsp3) is 0.629. The highest BCUT2D eigenvalue weighted by atomic mass is 16.6. The van der Waals surface area contributed by atoms with Crippen LogP contribution in [0.4, 0.5) is 0 Å². The summed E-state index contributed by atoms with van der Waals surface area (Å²) in [7, 11) is 0. The zero-order valence-corrected chi connectivity index (χ0v) is 26.0. The highest BCUT2D eigenvalue weighted by Gasteiger charge is 2.19. The summed E-state index contributed by atoms with van der Waals surface area (Å²) in [6.07, 6.45) is 33.4. The number of esters is 3. The molecule has 0 aromatic carbocycles. The number of ether oxygens (including phenoxy) is 3. The fourth-order valence-corrected chi connectivity index (χ4v) is 3.65. The molecular formula is C35H56O6. The van der Waals surface area contributed by atoms with E-state index in [1.165, 1.54) is 0 Å². The van der Waals surface area contributed by atoms with Gasteiger partial charge in [0.25, 0.3) is 0 Å². The van der Waals surface area contributed by atoms with Gasteiger partial charge in [0.1, 0.15) is 13.2 Å². The first-order chi connectivity index (χ1) is 20.0. The van der Waals surface area contributed by atoms with Crippen molar-refractivity contribution >= 4 is 17.9 Å². The maximum atomic E-state index is 12.4. The Kier molecular flexibility index (Phi) is 28.0. The van der Waals surface area contributed by atoms with Gasteiger partial charge in [0.2, 0.25) is 0 Å². The van der Waals surface area contributed by atoms with Crippen molar-refractivity contribution in [1.29, 1.82) is 0 Å². The van der Waals surface area contributed by atoms with Crippen LogP contribution in [0.2, 0.25) is 0 Å². The molecule has 0 rings (SSSR count). The minimum Gasteiger partial charge on any atom is -0.462 e. The van der Waals surface area contributed by atoms with Crippen LogP contribution in [0.1, 0.15) is 124 Å². The maximum Gasteiger partial charge on any atom is 0.306 e. The van der Waals surface area contributed by atoms with Crippen LogP contribution in [0, 0.1) is 0 Å². The Balaban J connectivity index is 4.26. The van der Waals surface area contributed by atoms with Crippen molar-refractivity contribution < 1.29 is 28.6 Å². The number of unbranched alkanes of at least 4 members (excludes halogenated alkanes) is 5. The van der Waals surface area contributed by atoms with Gasteiger partial charge in [-0.15, -0.1) is 0 Å². The van der Waals surface area contributed by atoms with Gasteiger partial charge < -0.3 is 14.2 Å². The lowest BCUT2D eigenvalue weighted by Gasteiger charge is -2.18. The molecule has 0 aliphatic carbocycles. The second kappa shape index (κ2) is 30.1. The number of carbonyl (C=O) groups excluding carboxylic acids is 3. The maximum absolute atomic E-state index is 12.4. The average molecular weight is 573 g/mol. The van der Waals surface area contributed by atoms with Gasteiger partial charge in [0.15, 0.2) is 6.10 Å². The molecule has 0 N–H and O–H groups in total. The van der Waals surface area contributed by atoms with Crippen LogP contribution in [0.5, 0.6) is 0 Å². The third kappa shape index (κ3) is 28.4. The van der Waals surface area contributed by atoms with E-state index in [0.29, 0.717) is 19.3 Å². The Hall–Kier alpha value is -2.89. The first-order valence-electron chi connectivity index (χ1n) is 15.8. The lowest BCUT2D eigenvalue weighted by Crippen LogP contribution is -2.30. The van der Waals surface area contributed by atoms with Gasteiger partial charge in [-0.1, -0.05) is 107 Å². The number of carbonyl (C=O) groups is 3. The molecule has 0 amide bonds. The minimum absolute atomic E-state index is 0.103. The van der Waals surface area contributed by atoms with Crippen LogP contribution in [-0.4, -0.2) is 37.2 Å². The lowest BCUT2D eigenvalue weighted by atomic mass is 10.2. The molecule has 0 atom stereocenters. The van der Waals surface area contributed by atoms with Crippen molar-refractivity contribution in [3.8, 4) is 0 Å². The molecule has 0 spiro atoms. The molecule has 0 bridgehead atoms. The SMILES string of the molecule is CC/C=C\C/C=C\C/C=C\C/C=C\C/C=C\CCCC(=O)OC(COC(=O)CCCCC)COC(=O)CCCCC. The van der Waals surface area contributed by atoms with E-state index in [1.54, 1.807) is 0 Å². The van der Waals surface area contributed by atoms with Gasteiger partial charge in [-0.05, 0) is 57.8 Å². The van der Waals surface area contributed by atoms with Gasteiger partial charge in [-0.2, -0.15) is 0 Å². The average Bonchev–Trinajstić information content (AvgIpc) is 2.96. The summed E-state index contributed by atoms with van der Waals surface area (Å²) in [6, 6.07) is 0. The molecule has 0 saturated carbocycles. The van der Waals surface area contributed by atoms with Crippen molar-refractivity contribution in [3.63, 3.8) is 0 Å².